The topological polar surface area (TPSA) is 128 Å². The molecule has 36 heavy (non-hydrogen) atoms. The zero-order valence-electron chi connectivity index (χ0n) is 20.2. The van der Waals surface area contributed by atoms with Crippen molar-refractivity contribution in [1.29, 1.82) is 0 Å². The molecule has 1 unspecified atom stereocenters. The Balaban J connectivity index is 1.75. The van der Waals surface area contributed by atoms with E-state index in [1.54, 1.807) is 31.2 Å². The Hall–Kier alpha value is -3.44. The van der Waals surface area contributed by atoms with Crippen molar-refractivity contribution < 1.29 is 36.5 Å². The van der Waals surface area contributed by atoms with E-state index in [4.69, 9.17) is 13.7 Å². The molecule has 2 amide bonds. The van der Waals surface area contributed by atoms with Gasteiger partial charge in [-0.15, -0.1) is 0 Å². The zero-order valence-corrected chi connectivity index (χ0v) is 21.0. The quantitative estimate of drug-likeness (QED) is 0.374. The van der Waals surface area contributed by atoms with Crippen molar-refractivity contribution >= 4 is 28.1 Å². The molecule has 0 spiro atoms. The molecule has 1 heterocycles. The van der Waals surface area contributed by atoms with Crippen LogP contribution in [0.3, 0.4) is 0 Å². The molecule has 2 aromatic carbocycles. The molecule has 1 fully saturated rings. The van der Waals surface area contributed by atoms with Gasteiger partial charge in [0.2, 0.25) is 5.91 Å². The van der Waals surface area contributed by atoms with E-state index in [9.17, 15) is 22.8 Å². The van der Waals surface area contributed by atoms with Crippen LogP contribution in [0.4, 0.5) is 4.79 Å². The average molecular weight is 519 g/mol. The highest BCUT2D eigenvalue weighted by Gasteiger charge is 2.43. The Morgan fingerprint density at radius 1 is 1.00 bits per heavy atom. The number of benzene rings is 2. The van der Waals surface area contributed by atoms with Crippen LogP contribution in [0.1, 0.15) is 24.5 Å². The first-order valence-electron chi connectivity index (χ1n) is 11.5. The largest absolute Gasteiger partial charge is 0.464 e. The first-order valence-corrected chi connectivity index (χ1v) is 13.3. The highest BCUT2D eigenvalue weighted by atomic mass is 32.2. The van der Waals surface area contributed by atoms with Crippen LogP contribution in [0.5, 0.6) is 0 Å². The zero-order chi connectivity index (χ0) is 26.1. The van der Waals surface area contributed by atoms with E-state index in [2.05, 4.69) is 5.32 Å². The van der Waals surface area contributed by atoms with E-state index >= 15 is 0 Å². The van der Waals surface area contributed by atoms with E-state index in [0.717, 1.165) is 22.3 Å². The summed E-state index contributed by atoms with van der Waals surface area (Å²) in [5.41, 5.74) is 1.56. The normalized spacial score (nSPS) is 18.3. The lowest BCUT2D eigenvalue weighted by molar-refractivity contribution is -0.147. The van der Waals surface area contributed by atoms with Crippen molar-refractivity contribution in [2.75, 3.05) is 19.4 Å². The van der Waals surface area contributed by atoms with Gasteiger partial charge < -0.3 is 14.8 Å². The van der Waals surface area contributed by atoms with Crippen molar-refractivity contribution in [3.63, 3.8) is 0 Å². The standard InChI is InChI=1S/C25H30N2O8S/c1-3-33-24(29)21(14-18-10-6-4-7-11-18)26-23(28)22-15-20(35-36(2,31)32)16-27(22)25(30)34-17-19-12-8-5-9-13-19/h4-13,20-22H,3,14-17H2,1-2H3,(H,26,28)/t20?,21-,22-/m0/s1. The summed E-state index contributed by atoms with van der Waals surface area (Å²) in [6.45, 7) is 1.60. The molecule has 1 N–H and O–H groups in total. The van der Waals surface area contributed by atoms with Crippen LogP contribution in [-0.2, 0) is 46.4 Å². The number of carbonyl (C=O) groups is 3. The molecular formula is C25H30N2O8S. The summed E-state index contributed by atoms with van der Waals surface area (Å²) in [5.74, 6) is -1.25. The van der Waals surface area contributed by atoms with Crippen LogP contribution in [0, 0.1) is 0 Å². The van der Waals surface area contributed by atoms with Gasteiger partial charge in [0.25, 0.3) is 10.1 Å². The molecule has 0 radical (unpaired) electrons. The Bertz CT molecular complexity index is 1140. The predicted octanol–water partition coefficient (Wildman–Crippen LogP) is 2.03. The van der Waals surface area contributed by atoms with E-state index in [1.165, 1.54) is 0 Å². The molecule has 3 rings (SSSR count). The van der Waals surface area contributed by atoms with E-state index < -0.39 is 46.3 Å². The molecule has 0 saturated carbocycles. The predicted molar refractivity (Wildman–Crippen MR) is 130 cm³/mol. The second kappa shape index (κ2) is 12.5. The second-order valence-corrected chi connectivity index (χ2v) is 9.97. The summed E-state index contributed by atoms with van der Waals surface area (Å²) >= 11 is 0. The van der Waals surface area contributed by atoms with E-state index in [0.29, 0.717) is 0 Å². The van der Waals surface area contributed by atoms with E-state index in [-0.39, 0.29) is 32.6 Å². The summed E-state index contributed by atoms with van der Waals surface area (Å²) in [4.78, 5) is 39.9. The third kappa shape index (κ3) is 8.06. The molecule has 1 aliphatic heterocycles. The molecule has 194 valence electrons. The smallest absolute Gasteiger partial charge is 0.410 e. The van der Waals surface area contributed by atoms with Crippen LogP contribution in [0.25, 0.3) is 0 Å². The highest BCUT2D eigenvalue weighted by molar-refractivity contribution is 7.86. The van der Waals surface area contributed by atoms with Crippen LogP contribution < -0.4 is 5.32 Å². The molecule has 10 nitrogen and oxygen atoms in total. The number of esters is 1. The SMILES string of the molecule is CCOC(=O)[C@H](Cc1ccccc1)NC(=O)[C@@H]1CC(OS(C)(=O)=O)CN1C(=O)OCc1ccccc1. The molecular weight excluding hydrogens is 488 g/mol. The Morgan fingerprint density at radius 3 is 2.19 bits per heavy atom. The monoisotopic (exact) mass is 518 g/mol. The van der Waals surface area contributed by atoms with Crippen molar-refractivity contribution in [3.05, 3.63) is 71.8 Å². The number of hydrogen-bond donors (Lipinski definition) is 1. The minimum atomic E-state index is -3.83. The van der Waals surface area contributed by atoms with Gasteiger partial charge in [-0.05, 0) is 18.1 Å². The molecule has 3 atom stereocenters. The molecule has 0 bridgehead atoms. The summed E-state index contributed by atoms with van der Waals surface area (Å²) in [6.07, 6.45) is -0.737. The third-order valence-electron chi connectivity index (χ3n) is 5.49. The Kier molecular flexibility index (Phi) is 9.43. The minimum absolute atomic E-state index is 0.0262. The summed E-state index contributed by atoms with van der Waals surface area (Å²) < 4.78 is 38.9. The van der Waals surface area contributed by atoms with Gasteiger partial charge in [0.05, 0.1) is 25.5 Å². The molecule has 1 aliphatic rings. The fourth-order valence-corrected chi connectivity index (χ4v) is 4.55. The van der Waals surface area contributed by atoms with Crippen LogP contribution in [0.15, 0.2) is 60.7 Å². The number of amides is 2. The molecule has 0 aliphatic carbocycles. The van der Waals surface area contributed by atoms with Gasteiger partial charge in [0, 0.05) is 12.8 Å². The maximum absolute atomic E-state index is 13.3. The maximum atomic E-state index is 13.3. The number of likely N-dealkylation sites (tertiary alicyclic amines) is 1. The number of nitrogens with one attached hydrogen (secondary N) is 1. The number of rotatable bonds is 10. The fourth-order valence-electron chi connectivity index (χ4n) is 3.92. The number of ether oxygens (including phenoxy) is 2. The summed E-state index contributed by atoms with van der Waals surface area (Å²) in [6, 6.07) is 16.0. The van der Waals surface area contributed by atoms with Crippen LogP contribution in [0.2, 0.25) is 0 Å². The fraction of sp³-hybridized carbons (Fsp3) is 0.400. The lowest BCUT2D eigenvalue weighted by Gasteiger charge is -2.25. The molecule has 1 saturated heterocycles. The van der Waals surface area contributed by atoms with Gasteiger partial charge in [0.1, 0.15) is 18.7 Å². The molecule has 0 aromatic heterocycles. The first kappa shape index (κ1) is 27.2. The van der Waals surface area contributed by atoms with Gasteiger partial charge in [-0.1, -0.05) is 60.7 Å². The summed E-state index contributed by atoms with van der Waals surface area (Å²) in [5, 5.41) is 2.67. The van der Waals surface area contributed by atoms with Crippen molar-refractivity contribution in [3.8, 4) is 0 Å². The highest BCUT2D eigenvalue weighted by Crippen LogP contribution is 2.24. The summed E-state index contributed by atoms with van der Waals surface area (Å²) in [7, 11) is -3.83. The Labute approximate surface area is 210 Å². The van der Waals surface area contributed by atoms with Crippen LogP contribution in [-0.4, -0.2) is 68.9 Å². The third-order valence-corrected chi connectivity index (χ3v) is 6.11. The van der Waals surface area contributed by atoms with Crippen molar-refractivity contribution in [1.82, 2.24) is 10.2 Å². The minimum Gasteiger partial charge on any atom is -0.464 e. The number of nitrogens with zero attached hydrogens (tertiary/aromatic N) is 1. The van der Waals surface area contributed by atoms with Gasteiger partial charge in [-0.25, -0.2) is 9.59 Å². The molecule has 2 aromatic rings. The lowest BCUT2D eigenvalue weighted by Crippen LogP contribution is -2.52. The van der Waals surface area contributed by atoms with Gasteiger partial charge in [0.15, 0.2) is 0 Å². The Morgan fingerprint density at radius 2 is 1.61 bits per heavy atom. The first-order chi connectivity index (χ1) is 17.2. The van der Waals surface area contributed by atoms with Crippen molar-refractivity contribution in [2.24, 2.45) is 0 Å². The second-order valence-electron chi connectivity index (χ2n) is 8.37. The maximum Gasteiger partial charge on any atom is 0.410 e. The van der Waals surface area contributed by atoms with Gasteiger partial charge in [-0.2, -0.15) is 8.42 Å². The number of carbonyl (C=O) groups excluding carboxylic acids is 3. The van der Waals surface area contributed by atoms with Crippen LogP contribution >= 0.6 is 0 Å². The number of hydrogen-bond acceptors (Lipinski definition) is 8. The van der Waals surface area contributed by atoms with E-state index in [1.807, 2.05) is 36.4 Å². The van der Waals surface area contributed by atoms with Gasteiger partial charge >= 0.3 is 12.1 Å². The van der Waals surface area contributed by atoms with Crippen molar-refractivity contribution in [2.45, 2.75) is 44.6 Å². The molecule has 11 heteroatoms. The average Bonchev–Trinajstić information content (AvgIpc) is 3.26. The lowest BCUT2D eigenvalue weighted by atomic mass is 10.1. The van der Waals surface area contributed by atoms with Gasteiger partial charge in [-0.3, -0.25) is 13.9 Å².